The molecule has 20 heavy (non-hydrogen) atoms. The quantitative estimate of drug-likeness (QED) is 0.881. The smallest absolute Gasteiger partial charge is 0.248 e. The molecule has 1 aromatic heterocycles. The molecule has 0 spiro atoms. The molecule has 1 atom stereocenters. The van der Waals surface area contributed by atoms with E-state index in [9.17, 15) is 4.79 Å². The molecule has 0 unspecified atom stereocenters. The Hall–Kier alpha value is -2.34. The van der Waals surface area contributed by atoms with Crippen molar-refractivity contribution in [3.8, 4) is 0 Å². The second-order valence-corrected chi connectivity index (χ2v) is 4.89. The number of benzene rings is 1. The summed E-state index contributed by atoms with van der Waals surface area (Å²) in [7, 11) is 0. The molecule has 0 bridgehead atoms. The molecule has 2 heterocycles. The zero-order valence-electron chi connectivity index (χ0n) is 10.7. The van der Waals surface area contributed by atoms with Gasteiger partial charge in [-0.1, -0.05) is 29.8 Å². The molecule has 0 saturated carbocycles. The second-order valence-electron chi connectivity index (χ2n) is 4.48. The molecule has 1 aliphatic heterocycles. The summed E-state index contributed by atoms with van der Waals surface area (Å²) in [6.45, 7) is 1.78. The number of fused-ring (bicyclic) bond motifs is 1. The van der Waals surface area contributed by atoms with Crippen molar-refractivity contribution in [2.24, 2.45) is 5.73 Å². The van der Waals surface area contributed by atoms with E-state index in [4.69, 9.17) is 17.3 Å². The van der Waals surface area contributed by atoms with Gasteiger partial charge in [0, 0.05) is 16.3 Å². The zero-order chi connectivity index (χ0) is 14.3. The van der Waals surface area contributed by atoms with Gasteiger partial charge in [0.25, 0.3) is 0 Å². The lowest BCUT2D eigenvalue weighted by Crippen LogP contribution is -2.32. The summed E-state index contributed by atoms with van der Waals surface area (Å²) < 4.78 is 1.61. The van der Waals surface area contributed by atoms with E-state index in [2.05, 4.69) is 15.4 Å². The fourth-order valence-electron chi connectivity index (χ4n) is 2.39. The lowest BCUT2D eigenvalue weighted by molar-refractivity contribution is -0.115. The van der Waals surface area contributed by atoms with Gasteiger partial charge in [-0.25, -0.2) is 4.68 Å². The van der Waals surface area contributed by atoms with Gasteiger partial charge in [0.05, 0.1) is 5.57 Å². The normalized spacial score (nSPS) is 17.6. The molecule has 2 aromatic rings. The number of hydrogen-bond donors (Lipinski definition) is 2. The van der Waals surface area contributed by atoms with Gasteiger partial charge in [0.2, 0.25) is 11.9 Å². The highest BCUT2D eigenvalue weighted by atomic mass is 35.5. The number of nitrogens with two attached hydrogens (primary N) is 1. The number of nitrogens with zero attached hydrogens (tertiary/aromatic N) is 3. The minimum absolute atomic E-state index is 0.427. The summed E-state index contributed by atoms with van der Waals surface area (Å²) in [5.41, 5.74) is 7.36. The molecule has 0 fully saturated rings. The van der Waals surface area contributed by atoms with Crippen LogP contribution < -0.4 is 11.1 Å². The summed E-state index contributed by atoms with van der Waals surface area (Å²) in [5, 5.41) is 7.73. The van der Waals surface area contributed by atoms with Crippen LogP contribution in [0.4, 0.5) is 5.95 Å². The van der Waals surface area contributed by atoms with E-state index in [0.717, 1.165) is 5.56 Å². The number of carbonyl (C=O) groups is 1. The maximum atomic E-state index is 11.8. The Morgan fingerprint density at radius 1 is 1.45 bits per heavy atom. The number of carbonyl (C=O) groups excluding carboxylic acids is 1. The first-order valence-corrected chi connectivity index (χ1v) is 6.39. The number of aromatic nitrogens is 3. The van der Waals surface area contributed by atoms with Crippen LogP contribution in [0.5, 0.6) is 0 Å². The van der Waals surface area contributed by atoms with Gasteiger partial charge < -0.3 is 11.1 Å². The minimum Gasteiger partial charge on any atom is -0.366 e. The predicted molar refractivity (Wildman–Crippen MR) is 75.1 cm³/mol. The van der Waals surface area contributed by atoms with Gasteiger partial charge in [-0.05, 0) is 13.0 Å². The molecule has 0 aliphatic carbocycles. The first kappa shape index (κ1) is 12.7. The topological polar surface area (TPSA) is 85.8 Å². The van der Waals surface area contributed by atoms with Crippen molar-refractivity contribution in [1.82, 2.24) is 14.8 Å². The summed E-state index contributed by atoms with van der Waals surface area (Å²) in [5.74, 6) is 0.0403. The van der Waals surface area contributed by atoms with E-state index in [1.165, 1.54) is 6.33 Å². The van der Waals surface area contributed by atoms with Crippen LogP contribution in [0.25, 0.3) is 0 Å². The van der Waals surface area contributed by atoms with Crippen LogP contribution in [0.15, 0.2) is 41.9 Å². The van der Waals surface area contributed by atoms with Crippen LogP contribution in [-0.4, -0.2) is 20.7 Å². The fourth-order valence-corrected chi connectivity index (χ4v) is 2.63. The van der Waals surface area contributed by atoms with Crippen molar-refractivity contribution in [1.29, 1.82) is 0 Å². The molecule has 3 N–H and O–H groups in total. The third kappa shape index (κ3) is 1.85. The standard InChI is InChI=1S/C13H12ClN5O/c1-7-10(12(15)20)11(8-4-2-3-5-9(8)14)19-13(18-7)16-6-17-19/h2-6,11H,1H3,(H2,15,20)(H,16,17,18)/t11-/m1/s1. The Morgan fingerprint density at radius 3 is 2.90 bits per heavy atom. The SMILES string of the molecule is CC1=C(C(N)=O)[C@@H](c2ccccc2Cl)n2ncnc2N1. The number of amides is 1. The van der Waals surface area contributed by atoms with Crippen molar-refractivity contribution >= 4 is 23.5 Å². The average molecular weight is 290 g/mol. The number of allylic oxidation sites excluding steroid dienone is 1. The third-order valence-corrected chi connectivity index (χ3v) is 3.60. The van der Waals surface area contributed by atoms with E-state index in [0.29, 0.717) is 22.2 Å². The largest absolute Gasteiger partial charge is 0.366 e. The van der Waals surface area contributed by atoms with Crippen molar-refractivity contribution in [3.63, 3.8) is 0 Å². The summed E-state index contributed by atoms with van der Waals surface area (Å²) >= 11 is 6.25. The van der Waals surface area contributed by atoms with Gasteiger partial charge in [-0.2, -0.15) is 10.1 Å². The van der Waals surface area contributed by atoms with Crippen molar-refractivity contribution in [2.45, 2.75) is 13.0 Å². The van der Waals surface area contributed by atoms with Gasteiger partial charge >= 0.3 is 0 Å². The Balaban J connectivity index is 2.25. The summed E-state index contributed by atoms with van der Waals surface area (Å²) in [4.78, 5) is 15.9. The van der Waals surface area contributed by atoms with Crippen LogP contribution in [0, 0.1) is 0 Å². The van der Waals surface area contributed by atoms with E-state index in [-0.39, 0.29) is 0 Å². The molecule has 6 nitrogen and oxygen atoms in total. The van der Waals surface area contributed by atoms with Crippen LogP contribution in [0.2, 0.25) is 5.02 Å². The van der Waals surface area contributed by atoms with Crippen molar-refractivity contribution in [2.75, 3.05) is 5.32 Å². The number of nitrogens with one attached hydrogen (secondary N) is 1. The van der Waals surface area contributed by atoms with Crippen LogP contribution >= 0.6 is 11.6 Å². The molecular weight excluding hydrogens is 278 g/mol. The number of hydrogen-bond acceptors (Lipinski definition) is 4. The highest BCUT2D eigenvalue weighted by Crippen LogP contribution is 2.37. The van der Waals surface area contributed by atoms with Crippen LogP contribution in [0.1, 0.15) is 18.5 Å². The molecule has 0 saturated heterocycles. The Kier molecular flexibility index (Phi) is 2.94. The van der Waals surface area contributed by atoms with Crippen LogP contribution in [0.3, 0.4) is 0 Å². The predicted octanol–water partition coefficient (Wildman–Crippen LogP) is 1.71. The van der Waals surface area contributed by atoms with Gasteiger partial charge in [0.15, 0.2) is 0 Å². The molecular formula is C13H12ClN5O. The highest BCUT2D eigenvalue weighted by molar-refractivity contribution is 6.31. The van der Waals surface area contributed by atoms with Gasteiger partial charge in [-0.3, -0.25) is 4.79 Å². The number of primary amides is 1. The van der Waals surface area contributed by atoms with Crippen molar-refractivity contribution < 1.29 is 4.79 Å². The molecule has 0 radical (unpaired) electrons. The highest BCUT2D eigenvalue weighted by Gasteiger charge is 2.33. The average Bonchev–Trinajstić information content (AvgIpc) is 2.85. The Bertz CT molecular complexity index is 721. The van der Waals surface area contributed by atoms with E-state index in [1.807, 2.05) is 18.2 Å². The van der Waals surface area contributed by atoms with Crippen molar-refractivity contribution in [3.05, 3.63) is 52.4 Å². The number of halogens is 1. The van der Waals surface area contributed by atoms with Gasteiger partial charge in [-0.15, -0.1) is 0 Å². The molecule has 1 aliphatic rings. The Morgan fingerprint density at radius 2 is 2.20 bits per heavy atom. The molecule has 102 valence electrons. The monoisotopic (exact) mass is 289 g/mol. The second kappa shape index (κ2) is 4.64. The fraction of sp³-hybridized carbons (Fsp3) is 0.154. The van der Waals surface area contributed by atoms with E-state index in [1.54, 1.807) is 17.7 Å². The first-order chi connectivity index (χ1) is 9.59. The Labute approximate surface area is 120 Å². The molecule has 3 rings (SSSR count). The maximum absolute atomic E-state index is 11.8. The molecule has 1 aromatic carbocycles. The number of anilines is 1. The van der Waals surface area contributed by atoms with E-state index >= 15 is 0 Å². The number of rotatable bonds is 2. The minimum atomic E-state index is -0.513. The maximum Gasteiger partial charge on any atom is 0.248 e. The van der Waals surface area contributed by atoms with E-state index < -0.39 is 11.9 Å². The van der Waals surface area contributed by atoms with Gasteiger partial charge in [0.1, 0.15) is 12.4 Å². The first-order valence-electron chi connectivity index (χ1n) is 6.01. The van der Waals surface area contributed by atoms with Crippen LogP contribution in [-0.2, 0) is 4.79 Å². The lowest BCUT2D eigenvalue weighted by atomic mass is 9.95. The third-order valence-electron chi connectivity index (χ3n) is 3.26. The summed E-state index contributed by atoms with van der Waals surface area (Å²) in [6, 6.07) is 6.83. The zero-order valence-corrected chi connectivity index (χ0v) is 11.4. The molecule has 7 heteroatoms. The summed E-state index contributed by atoms with van der Waals surface area (Å²) in [6.07, 6.45) is 1.42. The molecule has 1 amide bonds. The lowest BCUT2D eigenvalue weighted by Gasteiger charge is -2.28.